The summed E-state index contributed by atoms with van der Waals surface area (Å²) in [4.78, 5) is 11.8. The minimum Gasteiger partial charge on any atom is -0.444 e. The van der Waals surface area contributed by atoms with Crippen LogP contribution >= 0.6 is 0 Å². The minimum absolute atomic E-state index is 0.000105. The second-order valence-corrected chi connectivity index (χ2v) is 6.43. The van der Waals surface area contributed by atoms with E-state index < -0.39 is 17.8 Å². The van der Waals surface area contributed by atoms with Crippen LogP contribution in [0.1, 0.15) is 44.7 Å². The summed E-state index contributed by atoms with van der Waals surface area (Å²) in [5.41, 5.74) is 1.79. The molecule has 0 fully saturated rings. The van der Waals surface area contributed by atoms with Gasteiger partial charge in [-0.1, -0.05) is 31.2 Å². The van der Waals surface area contributed by atoms with Crippen LogP contribution < -0.4 is 5.32 Å². The fraction of sp³-hybridized carbons (Fsp3) is 0.562. The van der Waals surface area contributed by atoms with Crippen molar-refractivity contribution in [2.24, 2.45) is 0 Å². The topological polar surface area (TPSA) is 58.6 Å². The van der Waals surface area contributed by atoms with Crippen molar-refractivity contribution < 1.29 is 14.6 Å². The standard InChI is InChI=1S/C16H23NO3/c1-10-12-8-6-5-7-11(12)9-13(14(10)18)17-15(19)20-16(2,3)4/h5-8,10,13-14,18H,9H2,1-4H3,(H,17,19)/t10-,13-,14+/m1/s1. The number of carbonyl (C=O) groups excluding carboxylic acids is 1. The van der Waals surface area contributed by atoms with E-state index in [1.807, 2.05) is 52.0 Å². The SMILES string of the molecule is C[C@@H]1c2ccccc2C[C@@H](NC(=O)OC(C)(C)C)[C@H]1O. The number of carbonyl (C=O) groups is 1. The Balaban J connectivity index is 2.09. The van der Waals surface area contributed by atoms with Crippen LogP contribution in [0.5, 0.6) is 0 Å². The van der Waals surface area contributed by atoms with Crippen LogP contribution in [0.2, 0.25) is 0 Å². The predicted octanol–water partition coefficient (Wildman–Crippen LogP) is 2.60. The van der Waals surface area contributed by atoms with E-state index in [0.717, 1.165) is 5.56 Å². The lowest BCUT2D eigenvalue weighted by molar-refractivity contribution is 0.0380. The molecule has 4 nitrogen and oxygen atoms in total. The first-order chi connectivity index (χ1) is 9.28. The van der Waals surface area contributed by atoms with Gasteiger partial charge in [-0.25, -0.2) is 4.79 Å². The number of nitrogens with one attached hydrogen (secondary N) is 1. The zero-order valence-electron chi connectivity index (χ0n) is 12.5. The summed E-state index contributed by atoms with van der Waals surface area (Å²) in [5.74, 6) is -0.000105. The molecule has 1 aliphatic rings. The highest BCUT2D eigenvalue weighted by atomic mass is 16.6. The lowest BCUT2D eigenvalue weighted by Gasteiger charge is -2.35. The molecule has 2 N–H and O–H groups in total. The van der Waals surface area contributed by atoms with Gasteiger partial charge in [0.15, 0.2) is 0 Å². The molecule has 0 saturated heterocycles. The number of rotatable bonds is 1. The number of aliphatic hydroxyl groups is 1. The fourth-order valence-corrected chi connectivity index (χ4v) is 2.65. The van der Waals surface area contributed by atoms with Gasteiger partial charge in [0, 0.05) is 5.92 Å². The zero-order valence-corrected chi connectivity index (χ0v) is 12.5. The van der Waals surface area contributed by atoms with Crippen LogP contribution in [0.25, 0.3) is 0 Å². The lowest BCUT2D eigenvalue weighted by Crippen LogP contribution is -2.50. The van der Waals surface area contributed by atoms with Gasteiger partial charge in [0.2, 0.25) is 0 Å². The molecule has 2 rings (SSSR count). The summed E-state index contributed by atoms with van der Waals surface area (Å²) in [6, 6.07) is 7.72. The maximum atomic E-state index is 11.8. The molecular weight excluding hydrogens is 254 g/mol. The van der Waals surface area contributed by atoms with Gasteiger partial charge >= 0.3 is 6.09 Å². The molecule has 0 unspecified atom stereocenters. The molecule has 0 aliphatic heterocycles. The van der Waals surface area contributed by atoms with Crippen molar-refractivity contribution >= 4 is 6.09 Å². The number of fused-ring (bicyclic) bond motifs is 1. The van der Waals surface area contributed by atoms with Crippen LogP contribution in [0, 0.1) is 0 Å². The second kappa shape index (κ2) is 5.44. The zero-order chi connectivity index (χ0) is 14.9. The number of alkyl carbamates (subject to hydrolysis) is 1. The average molecular weight is 277 g/mol. The number of hydrogen-bond acceptors (Lipinski definition) is 3. The molecule has 1 aromatic rings. The Morgan fingerprint density at radius 2 is 2.00 bits per heavy atom. The molecular formula is C16H23NO3. The van der Waals surface area contributed by atoms with Gasteiger partial charge in [0.25, 0.3) is 0 Å². The Kier molecular flexibility index (Phi) is 4.04. The Bertz CT molecular complexity index is 493. The third-order valence-corrected chi connectivity index (χ3v) is 3.61. The molecule has 0 aromatic heterocycles. The van der Waals surface area contributed by atoms with Crippen molar-refractivity contribution in [1.29, 1.82) is 0 Å². The summed E-state index contributed by atoms with van der Waals surface area (Å²) in [6.45, 7) is 7.44. The number of amides is 1. The predicted molar refractivity (Wildman–Crippen MR) is 77.7 cm³/mol. The van der Waals surface area contributed by atoms with E-state index in [-0.39, 0.29) is 12.0 Å². The summed E-state index contributed by atoms with van der Waals surface area (Å²) >= 11 is 0. The smallest absolute Gasteiger partial charge is 0.407 e. The summed E-state index contributed by atoms with van der Waals surface area (Å²) in [7, 11) is 0. The highest BCUT2D eigenvalue weighted by Gasteiger charge is 2.34. The fourth-order valence-electron chi connectivity index (χ4n) is 2.65. The quantitative estimate of drug-likeness (QED) is 0.829. The summed E-state index contributed by atoms with van der Waals surface area (Å²) in [5, 5.41) is 13.1. The maximum absolute atomic E-state index is 11.8. The van der Waals surface area contributed by atoms with E-state index >= 15 is 0 Å². The van der Waals surface area contributed by atoms with Crippen molar-refractivity contribution in [2.75, 3.05) is 0 Å². The molecule has 0 radical (unpaired) electrons. The summed E-state index contributed by atoms with van der Waals surface area (Å²) in [6.07, 6.45) is -0.452. The summed E-state index contributed by atoms with van der Waals surface area (Å²) < 4.78 is 5.25. The Morgan fingerprint density at radius 1 is 1.35 bits per heavy atom. The van der Waals surface area contributed by atoms with Gasteiger partial charge < -0.3 is 15.2 Å². The lowest BCUT2D eigenvalue weighted by atomic mass is 9.79. The minimum atomic E-state index is -0.600. The normalized spacial score (nSPS) is 25.8. The van der Waals surface area contributed by atoms with E-state index in [2.05, 4.69) is 5.32 Å². The maximum Gasteiger partial charge on any atom is 0.407 e. The van der Waals surface area contributed by atoms with E-state index in [9.17, 15) is 9.90 Å². The molecule has 1 aromatic carbocycles. The molecule has 4 heteroatoms. The highest BCUT2D eigenvalue weighted by Crippen LogP contribution is 2.31. The third-order valence-electron chi connectivity index (χ3n) is 3.61. The van der Waals surface area contributed by atoms with Gasteiger partial charge in [0.1, 0.15) is 5.60 Å². The van der Waals surface area contributed by atoms with Crippen LogP contribution in [0.3, 0.4) is 0 Å². The Hall–Kier alpha value is -1.55. The highest BCUT2D eigenvalue weighted by molar-refractivity contribution is 5.68. The van der Waals surface area contributed by atoms with Crippen molar-refractivity contribution in [3.05, 3.63) is 35.4 Å². The van der Waals surface area contributed by atoms with Crippen LogP contribution in [0.15, 0.2) is 24.3 Å². The first-order valence-electron chi connectivity index (χ1n) is 7.03. The largest absolute Gasteiger partial charge is 0.444 e. The molecule has 1 amide bonds. The van der Waals surface area contributed by atoms with Crippen molar-refractivity contribution in [2.45, 2.75) is 57.8 Å². The first kappa shape index (κ1) is 14.9. The van der Waals surface area contributed by atoms with Gasteiger partial charge in [-0.2, -0.15) is 0 Å². The average Bonchev–Trinajstić information content (AvgIpc) is 2.33. The van der Waals surface area contributed by atoms with E-state index in [4.69, 9.17) is 4.74 Å². The molecule has 110 valence electrons. The molecule has 0 saturated carbocycles. The monoisotopic (exact) mass is 277 g/mol. The second-order valence-electron chi connectivity index (χ2n) is 6.43. The first-order valence-corrected chi connectivity index (χ1v) is 7.03. The molecule has 0 spiro atoms. The van der Waals surface area contributed by atoms with Gasteiger partial charge in [-0.3, -0.25) is 0 Å². The molecule has 0 heterocycles. The van der Waals surface area contributed by atoms with Gasteiger partial charge in [0.05, 0.1) is 12.1 Å². The Morgan fingerprint density at radius 3 is 2.65 bits per heavy atom. The number of aliphatic hydroxyl groups excluding tert-OH is 1. The number of ether oxygens (including phenoxy) is 1. The molecule has 3 atom stereocenters. The van der Waals surface area contributed by atoms with Crippen LogP contribution in [-0.4, -0.2) is 28.9 Å². The number of hydrogen-bond donors (Lipinski definition) is 2. The van der Waals surface area contributed by atoms with E-state index in [1.165, 1.54) is 5.56 Å². The van der Waals surface area contributed by atoms with Gasteiger partial charge in [-0.05, 0) is 38.3 Å². The molecule has 1 aliphatic carbocycles. The van der Waals surface area contributed by atoms with Gasteiger partial charge in [-0.15, -0.1) is 0 Å². The van der Waals surface area contributed by atoms with Crippen molar-refractivity contribution in [3.63, 3.8) is 0 Å². The van der Waals surface area contributed by atoms with Crippen LogP contribution in [-0.2, 0) is 11.2 Å². The van der Waals surface area contributed by atoms with E-state index in [0.29, 0.717) is 6.42 Å². The third kappa shape index (κ3) is 3.31. The molecule has 20 heavy (non-hydrogen) atoms. The van der Waals surface area contributed by atoms with Crippen molar-refractivity contribution in [3.8, 4) is 0 Å². The van der Waals surface area contributed by atoms with Crippen LogP contribution in [0.4, 0.5) is 4.79 Å². The Labute approximate surface area is 120 Å². The number of benzene rings is 1. The van der Waals surface area contributed by atoms with Crippen molar-refractivity contribution in [1.82, 2.24) is 5.32 Å². The molecule has 0 bridgehead atoms. The van der Waals surface area contributed by atoms with E-state index in [1.54, 1.807) is 0 Å².